The molecule has 0 aromatic heterocycles. The van der Waals surface area contributed by atoms with Crippen molar-refractivity contribution in [2.24, 2.45) is 11.8 Å². The average Bonchev–Trinajstić information content (AvgIpc) is 3.03. The number of carbonyl (C=O) groups excluding carboxylic acids is 4. The smallest absolute Gasteiger partial charge is 0.274 e. The first-order valence-electron chi connectivity index (χ1n) is 9.76. The third kappa shape index (κ3) is 4.01. The van der Waals surface area contributed by atoms with E-state index < -0.39 is 41.9 Å². The molecular formula is C23H18Cl2N2O4. The summed E-state index contributed by atoms with van der Waals surface area (Å²) in [6.07, 6.45) is 4.56. The van der Waals surface area contributed by atoms with Crippen LogP contribution in [-0.4, -0.2) is 40.1 Å². The van der Waals surface area contributed by atoms with Gasteiger partial charge in [-0.2, -0.15) is 5.01 Å². The van der Waals surface area contributed by atoms with Crippen LogP contribution in [0.25, 0.3) is 0 Å². The summed E-state index contributed by atoms with van der Waals surface area (Å²) in [4.78, 5) is 52.5. The van der Waals surface area contributed by atoms with E-state index >= 15 is 0 Å². The summed E-state index contributed by atoms with van der Waals surface area (Å²) >= 11 is 12.1. The predicted molar refractivity (Wildman–Crippen MR) is 115 cm³/mol. The van der Waals surface area contributed by atoms with Gasteiger partial charge in [0.1, 0.15) is 6.54 Å². The second-order valence-electron chi connectivity index (χ2n) is 7.42. The second kappa shape index (κ2) is 8.65. The summed E-state index contributed by atoms with van der Waals surface area (Å²) in [6, 6.07) is 12.5. The van der Waals surface area contributed by atoms with Gasteiger partial charge >= 0.3 is 0 Å². The van der Waals surface area contributed by atoms with Crippen LogP contribution >= 0.6 is 23.2 Å². The molecule has 0 unspecified atom stereocenters. The van der Waals surface area contributed by atoms with Gasteiger partial charge in [0.15, 0.2) is 5.78 Å². The van der Waals surface area contributed by atoms with Crippen molar-refractivity contribution in [1.29, 1.82) is 0 Å². The van der Waals surface area contributed by atoms with E-state index in [1.807, 2.05) is 12.2 Å². The molecule has 0 saturated carbocycles. The fraction of sp³-hybridized carbons (Fsp3) is 0.217. The Kier molecular flexibility index (Phi) is 5.94. The molecule has 2 aromatic carbocycles. The summed E-state index contributed by atoms with van der Waals surface area (Å²) in [5.41, 5.74) is 0.404. The van der Waals surface area contributed by atoms with Gasteiger partial charge in [-0.25, -0.2) is 5.01 Å². The maximum atomic E-state index is 13.4. The molecule has 2 aliphatic rings. The maximum Gasteiger partial charge on any atom is 0.274 e. The molecule has 6 nitrogen and oxygen atoms in total. The minimum atomic E-state index is -0.693. The van der Waals surface area contributed by atoms with Crippen molar-refractivity contribution in [3.63, 3.8) is 0 Å². The van der Waals surface area contributed by atoms with Crippen LogP contribution in [0, 0.1) is 11.8 Å². The van der Waals surface area contributed by atoms with Crippen molar-refractivity contribution < 1.29 is 19.2 Å². The molecular weight excluding hydrogens is 439 g/mol. The van der Waals surface area contributed by atoms with Crippen molar-refractivity contribution in [2.75, 3.05) is 6.54 Å². The first-order valence-corrected chi connectivity index (χ1v) is 10.5. The molecule has 2 aromatic rings. The molecule has 0 N–H and O–H groups in total. The monoisotopic (exact) mass is 456 g/mol. The van der Waals surface area contributed by atoms with Crippen molar-refractivity contribution in [3.05, 3.63) is 81.9 Å². The van der Waals surface area contributed by atoms with Gasteiger partial charge in [0.2, 0.25) is 0 Å². The third-order valence-corrected chi connectivity index (χ3v) is 6.11. The van der Waals surface area contributed by atoms with Gasteiger partial charge in [-0.15, -0.1) is 0 Å². The van der Waals surface area contributed by atoms with Gasteiger partial charge in [-0.3, -0.25) is 19.2 Å². The highest BCUT2D eigenvalue weighted by Gasteiger charge is 2.51. The molecule has 2 atom stereocenters. The van der Waals surface area contributed by atoms with Crippen molar-refractivity contribution >= 4 is 46.7 Å². The van der Waals surface area contributed by atoms with Gasteiger partial charge in [-0.05, 0) is 49.2 Å². The number of ketones is 1. The van der Waals surface area contributed by atoms with Crippen LogP contribution in [0.1, 0.15) is 33.6 Å². The van der Waals surface area contributed by atoms with Crippen molar-refractivity contribution in [3.8, 4) is 0 Å². The van der Waals surface area contributed by atoms with Crippen molar-refractivity contribution in [1.82, 2.24) is 10.0 Å². The zero-order valence-electron chi connectivity index (χ0n) is 16.3. The lowest BCUT2D eigenvalue weighted by molar-refractivity contribution is -0.154. The molecule has 1 heterocycles. The quantitative estimate of drug-likeness (QED) is 0.384. The molecule has 0 radical (unpaired) electrons. The Morgan fingerprint density at radius 2 is 1.48 bits per heavy atom. The van der Waals surface area contributed by atoms with Gasteiger partial charge in [0, 0.05) is 10.6 Å². The fourth-order valence-electron chi connectivity index (χ4n) is 3.89. The zero-order valence-corrected chi connectivity index (χ0v) is 17.8. The number of amides is 3. The van der Waals surface area contributed by atoms with Crippen LogP contribution in [0.3, 0.4) is 0 Å². The number of hydrazine groups is 1. The molecule has 1 aliphatic heterocycles. The van der Waals surface area contributed by atoms with Crippen LogP contribution in [0.15, 0.2) is 60.7 Å². The largest absolute Gasteiger partial charge is 0.292 e. The van der Waals surface area contributed by atoms with Crippen LogP contribution < -0.4 is 0 Å². The van der Waals surface area contributed by atoms with E-state index in [4.69, 9.17) is 23.2 Å². The molecule has 8 heteroatoms. The Morgan fingerprint density at radius 3 is 2.06 bits per heavy atom. The number of hydrogen-bond donors (Lipinski definition) is 0. The van der Waals surface area contributed by atoms with E-state index in [1.54, 1.807) is 24.3 Å². The Balaban J connectivity index is 1.70. The first-order chi connectivity index (χ1) is 14.9. The van der Waals surface area contributed by atoms with Gasteiger partial charge in [0.25, 0.3) is 17.7 Å². The number of imide groups is 1. The molecule has 1 saturated heterocycles. The molecule has 158 valence electrons. The van der Waals surface area contributed by atoms with E-state index in [1.165, 1.54) is 24.3 Å². The third-order valence-electron chi connectivity index (χ3n) is 5.52. The number of fused-ring (bicyclic) bond motifs is 1. The second-order valence-corrected chi connectivity index (χ2v) is 8.26. The van der Waals surface area contributed by atoms with Gasteiger partial charge in [-0.1, -0.05) is 47.5 Å². The number of allylic oxidation sites excluding steroid dienone is 2. The topological polar surface area (TPSA) is 74.8 Å². The number of benzene rings is 2. The normalized spacial score (nSPS) is 20.0. The van der Waals surface area contributed by atoms with Crippen LogP contribution in [0.2, 0.25) is 10.0 Å². The standard InChI is InChI=1S/C23H18Cl2N2O4/c24-15-11-9-14(10-12-15)20(28)13-26(21(29)18-7-3-4-8-19(18)25)27-22(30)16-5-1-2-6-17(16)23(27)31/h1-4,7-12,16-17H,5-6,13H2/t16-,17-/m0/s1. The number of nitrogens with zero attached hydrogens (tertiary/aromatic N) is 2. The molecule has 4 rings (SSSR count). The molecule has 0 bridgehead atoms. The van der Waals surface area contributed by atoms with Crippen LogP contribution in [0.5, 0.6) is 0 Å². The molecule has 31 heavy (non-hydrogen) atoms. The summed E-state index contributed by atoms with van der Waals surface area (Å²) in [6.45, 7) is -0.490. The lowest BCUT2D eigenvalue weighted by atomic mass is 9.85. The van der Waals surface area contributed by atoms with Crippen LogP contribution in [0.4, 0.5) is 0 Å². The summed E-state index contributed by atoms with van der Waals surface area (Å²) in [5, 5.41) is 2.37. The highest BCUT2D eigenvalue weighted by molar-refractivity contribution is 6.34. The zero-order chi connectivity index (χ0) is 22.1. The Bertz CT molecular complexity index is 1070. The summed E-state index contributed by atoms with van der Waals surface area (Å²) < 4.78 is 0. The summed E-state index contributed by atoms with van der Waals surface area (Å²) in [5.74, 6) is -3.17. The average molecular weight is 457 g/mol. The number of hydrogen-bond acceptors (Lipinski definition) is 4. The Labute approximate surface area is 189 Å². The lowest BCUT2D eigenvalue weighted by Crippen LogP contribution is -2.52. The minimum Gasteiger partial charge on any atom is -0.292 e. The van der Waals surface area contributed by atoms with Crippen molar-refractivity contribution in [2.45, 2.75) is 12.8 Å². The van der Waals surface area contributed by atoms with E-state index in [0.717, 1.165) is 10.0 Å². The molecule has 1 fully saturated rings. The Morgan fingerprint density at radius 1 is 0.903 bits per heavy atom. The van der Waals surface area contributed by atoms with E-state index in [-0.39, 0.29) is 10.6 Å². The predicted octanol–water partition coefficient (Wildman–Crippen LogP) is 4.18. The van der Waals surface area contributed by atoms with Gasteiger partial charge < -0.3 is 0 Å². The van der Waals surface area contributed by atoms with E-state index in [2.05, 4.69) is 0 Å². The molecule has 0 spiro atoms. The first kappa shape index (κ1) is 21.3. The number of Topliss-reactive ketones (excluding diaryl/α,β-unsaturated/α-hetero) is 1. The summed E-state index contributed by atoms with van der Waals surface area (Å²) in [7, 11) is 0. The fourth-order valence-corrected chi connectivity index (χ4v) is 4.23. The van der Waals surface area contributed by atoms with E-state index in [9.17, 15) is 19.2 Å². The maximum absolute atomic E-state index is 13.4. The van der Waals surface area contributed by atoms with Crippen LogP contribution in [-0.2, 0) is 9.59 Å². The highest BCUT2D eigenvalue weighted by Crippen LogP contribution is 2.36. The number of rotatable bonds is 5. The lowest BCUT2D eigenvalue weighted by Gasteiger charge is -2.30. The molecule has 3 amide bonds. The minimum absolute atomic E-state index is 0.0988. The Hall–Kier alpha value is -2.96. The van der Waals surface area contributed by atoms with E-state index in [0.29, 0.717) is 23.4 Å². The highest BCUT2D eigenvalue weighted by atomic mass is 35.5. The number of halogens is 2. The van der Waals surface area contributed by atoms with Gasteiger partial charge in [0.05, 0.1) is 22.4 Å². The SMILES string of the molecule is O=C(CN(C(=O)c1ccccc1Cl)N1C(=O)[C@H]2CC=CC[C@@H]2C1=O)c1ccc(Cl)cc1. The molecule has 1 aliphatic carbocycles. The number of carbonyl (C=O) groups is 4.